The summed E-state index contributed by atoms with van der Waals surface area (Å²) >= 11 is 0. The van der Waals surface area contributed by atoms with Crippen LogP contribution in [0.15, 0.2) is 30.6 Å². The van der Waals surface area contributed by atoms with Gasteiger partial charge in [-0.15, -0.1) is 5.10 Å². The summed E-state index contributed by atoms with van der Waals surface area (Å²) in [5.74, 6) is 0. The lowest BCUT2D eigenvalue weighted by molar-refractivity contribution is 0.243. The van der Waals surface area contributed by atoms with Gasteiger partial charge in [-0.1, -0.05) is 12.1 Å². The van der Waals surface area contributed by atoms with Crippen LogP contribution in [0.3, 0.4) is 0 Å². The summed E-state index contributed by atoms with van der Waals surface area (Å²) in [4.78, 5) is 0. The Morgan fingerprint density at radius 3 is 2.56 bits per heavy atom. The number of hydrogen-bond donors (Lipinski definition) is 2. The highest BCUT2D eigenvalue weighted by Crippen LogP contribution is 2.15. The van der Waals surface area contributed by atoms with Crippen molar-refractivity contribution in [1.82, 2.24) is 25.5 Å². The van der Waals surface area contributed by atoms with Crippen LogP contribution < -0.4 is 5.32 Å². The number of rotatable bonds is 5. The van der Waals surface area contributed by atoms with E-state index in [1.165, 1.54) is 0 Å². The molecule has 96 valence electrons. The molecule has 1 aromatic heterocycles. The fourth-order valence-electron chi connectivity index (χ4n) is 1.77. The van der Waals surface area contributed by atoms with Crippen molar-refractivity contribution < 1.29 is 5.11 Å². The van der Waals surface area contributed by atoms with Crippen LogP contribution in [-0.4, -0.2) is 38.0 Å². The minimum atomic E-state index is 0.0826. The Morgan fingerprint density at radius 2 is 2.00 bits per heavy atom. The number of aliphatic hydroxyl groups excluding tert-OH is 1. The minimum Gasteiger partial charge on any atom is -0.395 e. The molecule has 1 heterocycles. The van der Waals surface area contributed by atoms with Crippen molar-refractivity contribution >= 4 is 0 Å². The topological polar surface area (TPSA) is 75.9 Å². The molecule has 6 nitrogen and oxygen atoms in total. The summed E-state index contributed by atoms with van der Waals surface area (Å²) < 4.78 is 1.61. The number of benzene rings is 1. The van der Waals surface area contributed by atoms with E-state index in [0.717, 1.165) is 11.3 Å². The molecule has 18 heavy (non-hydrogen) atoms. The maximum absolute atomic E-state index is 9.01. The summed E-state index contributed by atoms with van der Waals surface area (Å²) in [5.41, 5.74) is 2.08. The van der Waals surface area contributed by atoms with Gasteiger partial charge in [0.05, 0.1) is 12.3 Å². The molecule has 0 saturated carbocycles. The van der Waals surface area contributed by atoms with E-state index in [9.17, 15) is 0 Å². The Balaban J connectivity index is 2.08. The summed E-state index contributed by atoms with van der Waals surface area (Å²) in [6, 6.07) is 8.26. The van der Waals surface area contributed by atoms with Crippen LogP contribution in [-0.2, 0) is 0 Å². The van der Waals surface area contributed by atoms with Gasteiger partial charge in [-0.3, -0.25) is 0 Å². The standard InChI is InChI=1S/C12H17N5O/c1-9(7-18)14-10(2)11-3-5-12(6-4-11)17-8-13-15-16-17/h3-6,8-10,14,18H,7H2,1-2H3/t9-,10?/m1/s1. The van der Waals surface area contributed by atoms with Gasteiger partial charge >= 0.3 is 0 Å². The predicted octanol–water partition coefficient (Wildman–Crippen LogP) is 0.694. The fraction of sp³-hybridized carbons (Fsp3) is 0.417. The molecule has 0 amide bonds. The van der Waals surface area contributed by atoms with Crippen molar-refractivity contribution in [1.29, 1.82) is 0 Å². The molecular formula is C12H17N5O. The largest absolute Gasteiger partial charge is 0.395 e. The maximum atomic E-state index is 9.01. The minimum absolute atomic E-state index is 0.0826. The lowest BCUT2D eigenvalue weighted by Crippen LogP contribution is -2.31. The van der Waals surface area contributed by atoms with E-state index in [0.29, 0.717) is 0 Å². The van der Waals surface area contributed by atoms with Crippen molar-refractivity contribution in [3.63, 3.8) is 0 Å². The molecule has 0 spiro atoms. The molecule has 0 aliphatic carbocycles. The molecule has 2 N–H and O–H groups in total. The Hall–Kier alpha value is -1.79. The van der Waals surface area contributed by atoms with Gasteiger partial charge in [-0.25, -0.2) is 4.68 Å². The van der Waals surface area contributed by atoms with Crippen molar-refractivity contribution in [3.05, 3.63) is 36.2 Å². The second-order valence-electron chi connectivity index (χ2n) is 4.32. The van der Waals surface area contributed by atoms with E-state index in [4.69, 9.17) is 5.11 Å². The van der Waals surface area contributed by atoms with Crippen molar-refractivity contribution in [2.45, 2.75) is 25.9 Å². The first-order chi connectivity index (χ1) is 8.70. The molecule has 1 aromatic carbocycles. The van der Waals surface area contributed by atoms with E-state index in [2.05, 4.69) is 27.8 Å². The maximum Gasteiger partial charge on any atom is 0.143 e. The van der Waals surface area contributed by atoms with Crippen LogP contribution in [0.5, 0.6) is 0 Å². The van der Waals surface area contributed by atoms with Gasteiger partial charge < -0.3 is 10.4 Å². The van der Waals surface area contributed by atoms with E-state index < -0.39 is 0 Å². The van der Waals surface area contributed by atoms with Crippen LogP contribution in [0.2, 0.25) is 0 Å². The predicted molar refractivity (Wildman–Crippen MR) is 67.3 cm³/mol. The second kappa shape index (κ2) is 5.70. The van der Waals surface area contributed by atoms with Gasteiger partial charge in [0, 0.05) is 12.1 Å². The van der Waals surface area contributed by atoms with Gasteiger partial charge in [0.15, 0.2) is 0 Å². The Kier molecular flexibility index (Phi) is 4.01. The summed E-state index contributed by atoms with van der Waals surface area (Å²) in [6.45, 7) is 4.15. The first-order valence-electron chi connectivity index (χ1n) is 5.91. The molecule has 0 radical (unpaired) electrons. The molecule has 2 atom stereocenters. The van der Waals surface area contributed by atoms with Gasteiger partial charge in [0.25, 0.3) is 0 Å². The van der Waals surface area contributed by atoms with Gasteiger partial charge in [0.2, 0.25) is 0 Å². The third-order valence-electron chi connectivity index (χ3n) is 2.82. The quantitative estimate of drug-likeness (QED) is 0.813. The summed E-state index contributed by atoms with van der Waals surface area (Å²) in [5, 5.41) is 23.3. The average molecular weight is 247 g/mol. The second-order valence-corrected chi connectivity index (χ2v) is 4.32. The summed E-state index contributed by atoms with van der Waals surface area (Å²) in [7, 11) is 0. The van der Waals surface area contributed by atoms with Crippen LogP contribution in [0.1, 0.15) is 25.5 Å². The lowest BCUT2D eigenvalue weighted by atomic mass is 10.1. The number of aliphatic hydroxyl groups is 1. The molecule has 2 aromatic rings. The number of aromatic nitrogens is 4. The molecule has 6 heteroatoms. The normalized spacial score (nSPS) is 14.4. The highest BCUT2D eigenvalue weighted by molar-refractivity contribution is 5.34. The van der Waals surface area contributed by atoms with Crippen LogP contribution in [0.4, 0.5) is 0 Å². The summed E-state index contributed by atoms with van der Waals surface area (Å²) in [6.07, 6.45) is 1.56. The highest BCUT2D eigenvalue weighted by Gasteiger charge is 2.08. The van der Waals surface area contributed by atoms with Crippen LogP contribution in [0.25, 0.3) is 5.69 Å². The fourth-order valence-corrected chi connectivity index (χ4v) is 1.77. The third-order valence-corrected chi connectivity index (χ3v) is 2.82. The molecule has 0 bridgehead atoms. The van der Waals surface area contributed by atoms with Crippen molar-refractivity contribution in [3.8, 4) is 5.69 Å². The Bertz CT molecular complexity index is 468. The third kappa shape index (κ3) is 2.91. The van der Waals surface area contributed by atoms with E-state index >= 15 is 0 Å². The molecule has 0 saturated heterocycles. The SMILES string of the molecule is CC(N[C@H](C)CO)c1ccc(-n2cnnn2)cc1. The molecular weight excluding hydrogens is 230 g/mol. The number of nitrogens with one attached hydrogen (secondary N) is 1. The van der Waals surface area contributed by atoms with Crippen LogP contribution in [0, 0.1) is 0 Å². The first kappa shape index (κ1) is 12.7. The van der Waals surface area contributed by atoms with Crippen molar-refractivity contribution in [2.24, 2.45) is 0 Å². The van der Waals surface area contributed by atoms with E-state index in [-0.39, 0.29) is 18.7 Å². The molecule has 1 unspecified atom stereocenters. The lowest BCUT2D eigenvalue weighted by Gasteiger charge is -2.18. The van der Waals surface area contributed by atoms with Crippen molar-refractivity contribution in [2.75, 3.05) is 6.61 Å². The monoisotopic (exact) mass is 247 g/mol. The molecule has 2 rings (SSSR count). The average Bonchev–Trinajstić information content (AvgIpc) is 2.92. The van der Waals surface area contributed by atoms with Crippen LogP contribution >= 0.6 is 0 Å². The zero-order valence-corrected chi connectivity index (χ0v) is 10.5. The zero-order valence-electron chi connectivity index (χ0n) is 10.5. The first-order valence-corrected chi connectivity index (χ1v) is 5.91. The number of nitrogens with zero attached hydrogens (tertiary/aromatic N) is 4. The Labute approximate surface area is 106 Å². The smallest absolute Gasteiger partial charge is 0.143 e. The van der Waals surface area contributed by atoms with Gasteiger partial charge in [-0.2, -0.15) is 0 Å². The van der Waals surface area contributed by atoms with E-state index in [1.54, 1.807) is 11.0 Å². The molecule has 0 aliphatic heterocycles. The molecule has 0 fully saturated rings. The highest BCUT2D eigenvalue weighted by atomic mass is 16.3. The Morgan fingerprint density at radius 1 is 1.28 bits per heavy atom. The number of tetrazole rings is 1. The van der Waals surface area contributed by atoms with Gasteiger partial charge in [-0.05, 0) is 42.0 Å². The molecule has 0 aliphatic rings. The van der Waals surface area contributed by atoms with E-state index in [1.807, 2.05) is 31.2 Å². The zero-order chi connectivity index (χ0) is 13.0. The number of hydrogen-bond acceptors (Lipinski definition) is 5. The van der Waals surface area contributed by atoms with Gasteiger partial charge in [0.1, 0.15) is 6.33 Å².